The van der Waals surface area contributed by atoms with Crippen LogP contribution in [-0.2, 0) is 9.47 Å². The molecule has 0 aliphatic carbocycles. The molecule has 0 unspecified atom stereocenters. The molecule has 0 saturated carbocycles. The van der Waals surface area contributed by atoms with Crippen molar-refractivity contribution in [3.8, 4) is 0 Å². The zero-order valence-electron chi connectivity index (χ0n) is 20.9. The number of benzene rings is 7. The van der Waals surface area contributed by atoms with Gasteiger partial charge in [-0.3, -0.25) is 0 Å². The summed E-state index contributed by atoms with van der Waals surface area (Å²) in [4.78, 5) is 27.0. The van der Waals surface area contributed by atoms with Gasteiger partial charge in [0.15, 0.2) is 0 Å². The van der Waals surface area contributed by atoms with Crippen LogP contribution >= 0.6 is 0 Å². The Bertz CT molecular complexity index is 2140. The first-order chi connectivity index (χ1) is 18.6. The van der Waals surface area contributed by atoms with Gasteiger partial charge in [-0.2, -0.15) is 0 Å². The van der Waals surface area contributed by atoms with E-state index in [0.717, 1.165) is 53.9 Å². The molecule has 0 aliphatic rings. The van der Waals surface area contributed by atoms with Gasteiger partial charge in [0.25, 0.3) is 0 Å². The molecule has 0 fully saturated rings. The molecule has 7 rings (SSSR count). The largest absolute Gasteiger partial charge is 0.465 e. The lowest BCUT2D eigenvalue weighted by atomic mass is 9.84. The van der Waals surface area contributed by atoms with E-state index in [1.165, 1.54) is 14.2 Å². The summed E-state index contributed by atoms with van der Waals surface area (Å²) in [5, 5.41) is 11.4. The van der Waals surface area contributed by atoms with E-state index in [-0.39, 0.29) is 11.1 Å². The summed E-state index contributed by atoms with van der Waals surface area (Å²) in [5.74, 6) is -1.15. The Morgan fingerprint density at radius 2 is 0.868 bits per heavy atom. The third-order valence-electron chi connectivity index (χ3n) is 7.64. The highest BCUT2D eigenvalue weighted by atomic mass is 16.5. The van der Waals surface area contributed by atoms with Crippen molar-refractivity contribution in [2.24, 2.45) is 0 Å². The monoisotopic (exact) mass is 494 g/mol. The third kappa shape index (κ3) is 2.97. The normalized spacial score (nSPS) is 11.6. The fourth-order valence-corrected chi connectivity index (χ4v) is 6.03. The number of esters is 2. The molecule has 0 amide bonds. The van der Waals surface area contributed by atoms with Gasteiger partial charge in [-0.15, -0.1) is 0 Å². The zero-order valence-corrected chi connectivity index (χ0v) is 20.9. The molecule has 0 bridgehead atoms. The second-order valence-electron chi connectivity index (χ2n) is 9.48. The Balaban J connectivity index is 1.90. The molecule has 0 aliphatic heterocycles. The zero-order chi connectivity index (χ0) is 26.0. The SMILES string of the molecule is COC(=O)c1c(C(=O)OC)c2c(ccc3ccc4ccccc4c32)c2c1ccc1ccc3ccccc3c12. The smallest absolute Gasteiger partial charge is 0.339 e. The van der Waals surface area contributed by atoms with Crippen LogP contribution in [0.2, 0.25) is 0 Å². The molecule has 38 heavy (non-hydrogen) atoms. The first-order valence-corrected chi connectivity index (χ1v) is 12.4. The van der Waals surface area contributed by atoms with E-state index in [4.69, 9.17) is 9.47 Å². The van der Waals surface area contributed by atoms with Gasteiger partial charge < -0.3 is 9.47 Å². The molecule has 7 aromatic rings. The van der Waals surface area contributed by atoms with Crippen LogP contribution in [0.4, 0.5) is 0 Å². The van der Waals surface area contributed by atoms with Crippen LogP contribution in [0, 0.1) is 0 Å². The fraction of sp³-hybridized carbons (Fsp3) is 0.0588. The number of fused-ring (bicyclic) bond motifs is 11. The van der Waals surface area contributed by atoms with Gasteiger partial charge in [-0.1, -0.05) is 97.1 Å². The highest BCUT2D eigenvalue weighted by Crippen LogP contribution is 2.44. The van der Waals surface area contributed by atoms with E-state index in [1.807, 2.05) is 36.4 Å². The third-order valence-corrected chi connectivity index (χ3v) is 7.64. The number of ether oxygens (including phenoxy) is 2. The molecule has 0 heterocycles. The van der Waals surface area contributed by atoms with Crippen molar-refractivity contribution >= 4 is 76.6 Å². The Hall–Kier alpha value is -4.96. The topological polar surface area (TPSA) is 52.6 Å². The molecular formula is C34H22O4. The van der Waals surface area contributed by atoms with Crippen molar-refractivity contribution in [2.75, 3.05) is 14.2 Å². The predicted octanol–water partition coefficient (Wildman–Crippen LogP) is 8.18. The van der Waals surface area contributed by atoms with Crippen molar-refractivity contribution < 1.29 is 19.1 Å². The highest BCUT2D eigenvalue weighted by molar-refractivity contribution is 6.38. The molecule has 0 spiro atoms. The van der Waals surface area contributed by atoms with Crippen LogP contribution in [0.3, 0.4) is 0 Å². The summed E-state index contributed by atoms with van der Waals surface area (Å²) in [6, 6.07) is 32.7. The van der Waals surface area contributed by atoms with E-state index in [1.54, 1.807) is 0 Å². The molecule has 0 saturated heterocycles. The van der Waals surface area contributed by atoms with Gasteiger partial charge in [0.1, 0.15) is 0 Å². The second kappa shape index (κ2) is 8.29. The minimum absolute atomic E-state index is 0.220. The number of hydrogen-bond acceptors (Lipinski definition) is 4. The molecule has 4 nitrogen and oxygen atoms in total. The minimum Gasteiger partial charge on any atom is -0.465 e. The molecule has 7 aromatic carbocycles. The van der Waals surface area contributed by atoms with Gasteiger partial charge in [-0.25, -0.2) is 9.59 Å². The maximum Gasteiger partial charge on any atom is 0.339 e. The lowest BCUT2D eigenvalue weighted by Gasteiger charge is -2.19. The summed E-state index contributed by atoms with van der Waals surface area (Å²) < 4.78 is 10.6. The molecule has 0 radical (unpaired) electrons. The second-order valence-corrected chi connectivity index (χ2v) is 9.48. The maximum atomic E-state index is 13.5. The van der Waals surface area contributed by atoms with Crippen LogP contribution in [0.25, 0.3) is 64.6 Å². The summed E-state index contributed by atoms with van der Waals surface area (Å²) in [6.45, 7) is 0. The first-order valence-electron chi connectivity index (χ1n) is 12.4. The Kier molecular flexibility index (Phi) is 4.85. The summed E-state index contributed by atoms with van der Waals surface area (Å²) >= 11 is 0. The quantitative estimate of drug-likeness (QED) is 0.180. The van der Waals surface area contributed by atoms with E-state index < -0.39 is 11.9 Å². The van der Waals surface area contributed by atoms with Gasteiger partial charge in [0.2, 0.25) is 0 Å². The Morgan fingerprint density at radius 1 is 0.421 bits per heavy atom. The first kappa shape index (κ1) is 22.3. The Morgan fingerprint density at radius 3 is 1.45 bits per heavy atom. The standard InChI is InChI=1S/C34H22O4/c1-37-33(35)31-26-18-16-21-13-11-19-7-3-5-9-23(19)27(21)29(26)25-17-15-22-14-12-20-8-4-6-10-24(20)28(22)30(25)32(31)34(36)38-2/h3-18H,1-2H3. The summed E-state index contributed by atoms with van der Waals surface area (Å²) in [5.41, 5.74) is 0.445. The summed E-state index contributed by atoms with van der Waals surface area (Å²) in [6.07, 6.45) is 0. The average Bonchev–Trinajstić information content (AvgIpc) is 2.98. The van der Waals surface area contributed by atoms with Crippen LogP contribution in [-0.4, -0.2) is 26.2 Å². The molecular weight excluding hydrogens is 472 g/mol. The maximum absolute atomic E-state index is 13.5. The molecule has 4 heteroatoms. The van der Waals surface area contributed by atoms with Crippen LogP contribution in [0.15, 0.2) is 97.1 Å². The highest BCUT2D eigenvalue weighted by Gasteiger charge is 2.28. The minimum atomic E-state index is -0.575. The van der Waals surface area contributed by atoms with Crippen LogP contribution in [0.5, 0.6) is 0 Å². The molecule has 0 aromatic heterocycles. The number of carbonyl (C=O) groups is 2. The van der Waals surface area contributed by atoms with Crippen molar-refractivity contribution in [3.05, 3.63) is 108 Å². The van der Waals surface area contributed by atoms with E-state index >= 15 is 0 Å². The van der Waals surface area contributed by atoms with Gasteiger partial charge in [0, 0.05) is 5.39 Å². The fourth-order valence-electron chi connectivity index (χ4n) is 6.03. The number of methoxy groups -OCH3 is 2. The van der Waals surface area contributed by atoms with E-state index in [0.29, 0.717) is 10.8 Å². The number of hydrogen-bond donors (Lipinski definition) is 0. The van der Waals surface area contributed by atoms with Gasteiger partial charge >= 0.3 is 11.9 Å². The molecule has 0 atom stereocenters. The van der Waals surface area contributed by atoms with E-state index in [9.17, 15) is 9.59 Å². The summed E-state index contributed by atoms with van der Waals surface area (Å²) in [7, 11) is 2.69. The lowest BCUT2D eigenvalue weighted by molar-refractivity contribution is 0.0559. The predicted molar refractivity (Wildman–Crippen MR) is 154 cm³/mol. The molecule has 0 N–H and O–H groups in total. The average molecular weight is 495 g/mol. The number of carbonyl (C=O) groups excluding carboxylic acids is 2. The lowest BCUT2D eigenvalue weighted by Crippen LogP contribution is -2.14. The molecule has 182 valence electrons. The van der Waals surface area contributed by atoms with Crippen molar-refractivity contribution in [1.29, 1.82) is 0 Å². The Labute approximate surface area is 218 Å². The van der Waals surface area contributed by atoms with E-state index in [2.05, 4.69) is 60.7 Å². The van der Waals surface area contributed by atoms with Crippen LogP contribution < -0.4 is 0 Å². The van der Waals surface area contributed by atoms with Crippen LogP contribution in [0.1, 0.15) is 20.7 Å². The van der Waals surface area contributed by atoms with Crippen molar-refractivity contribution in [3.63, 3.8) is 0 Å². The van der Waals surface area contributed by atoms with Crippen molar-refractivity contribution in [1.82, 2.24) is 0 Å². The number of rotatable bonds is 2. The van der Waals surface area contributed by atoms with Gasteiger partial charge in [0.05, 0.1) is 25.3 Å². The van der Waals surface area contributed by atoms with Gasteiger partial charge in [-0.05, 0) is 59.2 Å². The van der Waals surface area contributed by atoms with Crippen molar-refractivity contribution in [2.45, 2.75) is 0 Å².